The Balaban J connectivity index is 1.37. The first-order valence-electron chi connectivity index (χ1n) is 8.95. The summed E-state index contributed by atoms with van der Waals surface area (Å²) in [7, 11) is 0. The molecule has 136 valence electrons. The molecule has 2 aromatic carbocycles. The predicted molar refractivity (Wildman–Crippen MR) is 109 cm³/mol. The zero-order valence-corrected chi connectivity index (χ0v) is 15.9. The Morgan fingerprint density at radius 3 is 2.41 bits per heavy atom. The monoisotopic (exact) mass is 375 g/mol. The fourth-order valence-electron chi connectivity index (χ4n) is 2.88. The highest BCUT2D eigenvalue weighted by molar-refractivity contribution is 7.15. The Morgan fingerprint density at radius 1 is 0.963 bits per heavy atom. The molecule has 0 radical (unpaired) electrons. The summed E-state index contributed by atoms with van der Waals surface area (Å²) in [5.41, 5.74) is 3.61. The van der Waals surface area contributed by atoms with Gasteiger partial charge in [0.25, 0.3) is 0 Å². The van der Waals surface area contributed by atoms with E-state index in [1.165, 1.54) is 11.1 Å². The van der Waals surface area contributed by atoms with Gasteiger partial charge in [-0.15, -0.1) is 10.2 Å². The number of hydrogen-bond acceptors (Lipinski definition) is 5. The highest BCUT2D eigenvalue weighted by atomic mass is 32.1. The van der Waals surface area contributed by atoms with Crippen molar-refractivity contribution in [2.24, 2.45) is 0 Å². The van der Waals surface area contributed by atoms with Crippen molar-refractivity contribution in [3.63, 3.8) is 0 Å². The van der Waals surface area contributed by atoms with Crippen LogP contribution in [0.4, 0.5) is 5.13 Å². The standard InChI is InChI=1S/C21H21N5S/c1-16(19-13-22-26(15-19)14-18-10-6-3-7-11-18)23-21-25-24-20(27-21)12-17-8-4-2-5-9-17/h2-11,13,15-16H,12,14H2,1H3,(H,23,25). The van der Waals surface area contributed by atoms with E-state index in [2.05, 4.69) is 58.0 Å². The lowest BCUT2D eigenvalue weighted by atomic mass is 10.2. The van der Waals surface area contributed by atoms with Crippen LogP contribution in [0.3, 0.4) is 0 Å². The zero-order chi connectivity index (χ0) is 18.5. The first-order chi connectivity index (χ1) is 13.3. The summed E-state index contributed by atoms with van der Waals surface area (Å²) in [5, 5.41) is 18.3. The van der Waals surface area contributed by atoms with E-state index in [0.29, 0.717) is 0 Å². The Hall–Kier alpha value is -2.99. The van der Waals surface area contributed by atoms with Crippen LogP contribution < -0.4 is 5.32 Å². The van der Waals surface area contributed by atoms with Crippen molar-refractivity contribution in [2.45, 2.75) is 25.9 Å². The molecule has 4 aromatic rings. The predicted octanol–water partition coefficient (Wildman–Crippen LogP) is 4.55. The Bertz CT molecular complexity index is 978. The maximum Gasteiger partial charge on any atom is 0.206 e. The summed E-state index contributed by atoms with van der Waals surface area (Å²) < 4.78 is 1.96. The van der Waals surface area contributed by atoms with Gasteiger partial charge in [0, 0.05) is 18.2 Å². The summed E-state index contributed by atoms with van der Waals surface area (Å²) in [5.74, 6) is 0. The second-order valence-corrected chi connectivity index (χ2v) is 7.55. The molecule has 5 nitrogen and oxygen atoms in total. The molecule has 1 unspecified atom stereocenters. The number of anilines is 1. The lowest BCUT2D eigenvalue weighted by Crippen LogP contribution is -2.05. The third kappa shape index (κ3) is 4.60. The molecule has 2 aromatic heterocycles. The minimum absolute atomic E-state index is 0.118. The van der Waals surface area contributed by atoms with E-state index in [1.54, 1.807) is 11.3 Å². The summed E-state index contributed by atoms with van der Waals surface area (Å²) in [6, 6.07) is 20.8. The number of hydrogen-bond donors (Lipinski definition) is 1. The molecule has 0 bridgehead atoms. The van der Waals surface area contributed by atoms with Crippen LogP contribution in [0.15, 0.2) is 73.1 Å². The molecule has 2 heterocycles. The number of rotatable bonds is 7. The van der Waals surface area contributed by atoms with Crippen LogP contribution in [-0.4, -0.2) is 20.0 Å². The van der Waals surface area contributed by atoms with E-state index < -0.39 is 0 Å². The molecule has 1 atom stereocenters. The topological polar surface area (TPSA) is 55.6 Å². The second kappa shape index (κ2) is 8.14. The summed E-state index contributed by atoms with van der Waals surface area (Å²) in [4.78, 5) is 0. The fourth-order valence-corrected chi connectivity index (χ4v) is 3.74. The Kier molecular flexibility index (Phi) is 5.25. The van der Waals surface area contributed by atoms with Gasteiger partial charge in [-0.3, -0.25) is 4.68 Å². The molecule has 4 rings (SSSR count). The van der Waals surface area contributed by atoms with Gasteiger partial charge in [-0.25, -0.2) is 0 Å². The minimum atomic E-state index is 0.118. The molecule has 0 saturated heterocycles. The van der Waals surface area contributed by atoms with Gasteiger partial charge >= 0.3 is 0 Å². The maximum atomic E-state index is 4.48. The van der Waals surface area contributed by atoms with E-state index in [4.69, 9.17) is 0 Å². The van der Waals surface area contributed by atoms with Crippen LogP contribution >= 0.6 is 11.3 Å². The molecular formula is C21H21N5S. The van der Waals surface area contributed by atoms with E-state index >= 15 is 0 Å². The highest BCUT2D eigenvalue weighted by Gasteiger charge is 2.12. The maximum absolute atomic E-state index is 4.48. The lowest BCUT2D eigenvalue weighted by molar-refractivity contribution is 0.685. The van der Waals surface area contributed by atoms with Gasteiger partial charge in [0.2, 0.25) is 5.13 Å². The smallest absolute Gasteiger partial charge is 0.206 e. The molecule has 0 spiro atoms. The second-order valence-electron chi connectivity index (χ2n) is 6.49. The Labute approximate surface area is 162 Å². The van der Waals surface area contributed by atoms with Crippen molar-refractivity contribution in [3.05, 3.63) is 94.8 Å². The first kappa shape index (κ1) is 17.4. The van der Waals surface area contributed by atoms with Crippen LogP contribution in [0.5, 0.6) is 0 Å². The van der Waals surface area contributed by atoms with Gasteiger partial charge in [-0.05, 0) is 18.1 Å². The molecule has 6 heteroatoms. The van der Waals surface area contributed by atoms with Gasteiger partial charge in [0.15, 0.2) is 0 Å². The molecule has 0 aliphatic rings. The lowest BCUT2D eigenvalue weighted by Gasteiger charge is -2.09. The van der Waals surface area contributed by atoms with Gasteiger partial charge in [0.05, 0.1) is 18.8 Å². The number of nitrogens with zero attached hydrogens (tertiary/aromatic N) is 4. The number of nitrogens with one attached hydrogen (secondary N) is 1. The van der Waals surface area contributed by atoms with Gasteiger partial charge < -0.3 is 5.32 Å². The quantitative estimate of drug-likeness (QED) is 0.515. The third-order valence-corrected chi connectivity index (χ3v) is 5.20. The summed E-state index contributed by atoms with van der Waals surface area (Å²) in [6.07, 6.45) is 4.80. The molecule has 0 fully saturated rings. The third-order valence-electron chi connectivity index (χ3n) is 4.35. The van der Waals surface area contributed by atoms with Gasteiger partial charge in [0.1, 0.15) is 5.01 Å². The van der Waals surface area contributed by atoms with Crippen LogP contribution in [0.2, 0.25) is 0 Å². The number of aromatic nitrogens is 4. The molecule has 1 N–H and O–H groups in total. The minimum Gasteiger partial charge on any atom is -0.353 e. The average molecular weight is 376 g/mol. The summed E-state index contributed by atoms with van der Waals surface area (Å²) >= 11 is 1.60. The average Bonchev–Trinajstić information content (AvgIpc) is 3.33. The van der Waals surface area contributed by atoms with Crippen LogP contribution in [0, 0.1) is 0 Å². The van der Waals surface area contributed by atoms with Gasteiger partial charge in [-0.1, -0.05) is 72.0 Å². The normalized spacial score (nSPS) is 12.0. The molecule has 0 amide bonds. The Morgan fingerprint density at radius 2 is 1.67 bits per heavy atom. The molecular weight excluding hydrogens is 354 g/mol. The van der Waals surface area contributed by atoms with E-state index in [0.717, 1.165) is 28.7 Å². The highest BCUT2D eigenvalue weighted by Crippen LogP contribution is 2.23. The van der Waals surface area contributed by atoms with Crippen LogP contribution in [0.1, 0.15) is 34.7 Å². The van der Waals surface area contributed by atoms with Crippen molar-refractivity contribution in [1.82, 2.24) is 20.0 Å². The van der Waals surface area contributed by atoms with Crippen molar-refractivity contribution in [3.8, 4) is 0 Å². The summed E-state index contributed by atoms with van der Waals surface area (Å²) in [6.45, 7) is 2.88. The van der Waals surface area contributed by atoms with Crippen molar-refractivity contribution < 1.29 is 0 Å². The molecule has 0 saturated carbocycles. The van der Waals surface area contributed by atoms with E-state index in [9.17, 15) is 0 Å². The molecule has 27 heavy (non-hydrogen) atoms. The van der Waals surface area contributed by atoms with Crippen LogP contribution in [0.25, 0.3) is 0 Å². The van der Waals surface area contributed by atoms with Crippen molar-refractivity contribution in [2.75, 3.05) is 5.32 Å². The SMILES string of the molecule is CC(Nc1nnc(Cc2ccccc2)s1)c1cnn(Cc2ccccc2)c1. The number of benzene rings is 2. The van der Waals surface area contributed by atoms with Crippen molar-refractivity contribution >= 4 is 16.5 Å². The van der Waals surface area contributed by atoms with Gasteiger partial charge in [-0.2, -0.15) is 5.10 Å². The fraction of sp³-hybridized carbons (Fsp3) is 0.190. The first-order valence-corrected chi connectivity index (χ1v) is 9.77. The van der Waals surface area contributed by atoms with Crippen LogP contribution in [-0.2, 0) is 13.0 Å². The van der Waals surface area contributed by atoms with Crippen molar-refractivity contribution in [1.29, 1.82) is 0 Å². The largest absolute Gasteiger partial charge is 0.353 e. The zero-order valence-electron chi connectivity index (χ0n) is 15.1. The van der Waals surface area contributed by atoms with E-state index in [-0.39, 0.29) is 6.04 Å². The molecule has 0 aliphatic carbocycles. The van der Waals surface area contributed by atoms with E-state index in [1.807, 2.05) is 47.3 Å². The molecule has 0 aliphatic heterocycles.